The second-order valence-electron chi connectivity index (χ2n) is 7.51. The summed E-state index contributed by atoms with van der Waals surface area (Å²) in [6.45, 7) is 13.4. The van der Waals surface area contributed by atoms with E-state index in [9.17, 15) is 14.7 Å². The third-order valence-electron chi connectivity index (χ3n) is 5.32. The van der Waals surface area contributed by atoms with Crippen molar-refractivity contribution >= 4 is 22.8 Å². The van der Waals surface area contributed by atoms with Gasteiger partial charge in [-0.25, -0.2) is 4.79 Å². The average molecular weight is 389 g/mol. The largest absolute Gasteiger partial charge is 0.508 e. The molecule has 0 bridgehead atoms. The van der Waals surface area contributed by atoms with Crippen molar-refractivity contribution in [1.82, 2.24) is 4.57 Å². The summed E-state index contributed by atoms with van der Waals surface area (Å²) in [7, 11) is 0. The number of aromatic nitrogens is 1. The highest BCUT2D eigenvalue weighted by atomic mass is 16.5. The van der Waals surface area contributed by atoms with Gasteiger partial charge < -0.3 is 19.1 Å². The minimum absolute atomic E-state index is 0.0441. The first-order valence-electron chi connectivity index (χ1n) is 9.84. The smallest absolute Gasteiger partial charge is 0.340 e. The molecule has 0 aliphatic carbocycles. The molecule has 6 nitrogen and oxygen atoms in total. The predicted molar refractivity (Wildman–Crippen MR) is 109 cm³/mol. The van der Waals surface area contributed by atoms with E-state index in [4.69, 9.17) is 9.47 Å². The molecule has 154 valence electrons. The Morgan fingerprint density at radius 2 is 1.75 bits per heavy atom. The minimum Gasteiger partial charge on any atom is -0.508 e. The number of fused-ring (bicyclic) bond motifs is 1. The zero-order valence-electron chi connectivity index (χ0n) is 17.9. The molecule has 1 aromatic carbocycles. The van der Waals surface area contributed by atoms with Crippen LogP contribution in [0.25, 0.3) is 10.9 Å². The Balaban J connectivity index is 2.98. The van der Waals surface area contributed by atoms with Crippen LogP contribution in [0.2, 0.25) is 0 Å². The number of phenolic OH excluding ortho intramolecular Hbond substituents is 1. The third-order valence-corrected chi connectivity index (χ3v) is 5.32. The van der Waals surface area contributed by atoms with E-state index in [1.807, 2.05) is 6.92 Å². The van der Waals surface area contributed by atoms with Gasteiger partial charge in [-0.15, -0.1) is 0 Å². The first-order chi connectivity index (χ1) is 13.1. The van der Waals surface area contributed by atoms with E-state index in [0.717, 1.165) is 17.6 Å². The number of nitrogens with zero attached hydrogens (tertiary/aromatic N) is 1. The van der Waals surface area contributed by atoms with E-state index in [1.54, 1.807) is 39.8 Å². The molecule has 1 unspecified atom stereocenters. The van der Waals surface area contributed by atoms with E-state index in [1.165, 1.54) is 0 Å². The molecule has 0 aliphatic heterocycles. The molecule has 2 aromatic rings. The van der Waals surface area contributed by atoms with Gasteiger partial charge in [0.2, 0.25) is 0 Å². The highest BCUT2D eigenvalue weighted by Gasteiger charge is 2.38. The number of hydrogen-bond donors (Lipinski definition) is 1. The Hall–Kier alpha value is -2.50. The molecule has 28 heavy (non-hydrogen) atoms. The molecule has 2 rings (SSSR count). The highest BCUT2D eigenvalue weighted by Crippen LogP contribution is 2.43. The van der Waals surface area contributed by atoms with Gasteiger partial charge in [-0.2, -0.15) is 0 Å². The molecule has 1 aromatic heterocycles. The van der Waals surface area contributed by atoms with E-state index >= 15 is 0 Å². The molecule has 0 saturated heterocycles. The minimum atomic E-state index is -1.14. The zero-order chi connectivity index (χ0) is 21.2. The number of carbonyl (C=O) groups is 2. The summed E-state index contributed by atoms with van der Waals surface area (Å²) < 4.78 is 12.6. The molecule has 0 saturated carbocycles. The second-order valence-corrected chi connectivity index (χ2v) is 7.51. The molecular formula is C22H31NO5. The maximum atomic E-state index is 12.9. The number of benzene rings is 1. The Kier molecular flexibility index (Phi) is 6.42. The van der Waals surface area contributed by atoms with Gasteiger partial charge in [-0.1, -0.05) is 6.92 Å². The van der Waals surface area contributed by atoms with E-state index in [2.05, 4.69) is 18.4 Å². The van der Waals surface area contributed by atoms with Crippen molar-refractivity contribution in [3.8, 4) is 5.75 Å². The summed E-state index contributed by atoms with van der Waals surface area (Å²) in [6.07, 6.45) is 0.865. The van der Waals surface area contributed by atoms with Gasteiger partial charge in [-0.3, -0.25) is 4.79 Å². The van der Waals surface area contributed by atoms with Gasteiger partial charge in [0.15, 0.2) is 0 Å². The second kappa shape index (κ2) is 8.25. The van der Waals surface area contributed by atoms with E-state index < -0.39 is 17.4 Å². The lowest BCUT2D eigenvalue weighted by atomic mass is 9.81. The van der Waals surface area contributed by atoms with Crippen molar-refractivity contribution in [3.63, 3.8) is 0 Å². The van der Waals surface area contributed by atoms with Crippen LogP contribution in [-0.4, -0.2) is 34.8 Å². The quantitative estimate of drug-likeness (QED) is 0.698. The summed E-state index contributed by atoms with van der Waals surface area (Å²) >= 11 is 0. The van der Waals surface area contributed by atoms with Crippen LogP contribution in [0.1, 0.15) is 75.6 Å². The third kappa shape index (κ3) is 3.48. The topological polar surface area (TPSA) is 77.8 Å². The van der Waals surface area contributed by atoms with Crippen molar-refractivity contribution in [1.29, 1.82) is 0 Å². The predicted octanol–water partition coefficient (Wildman–Crippen LogP) is 4.64. The molecule has 0 amide bonds. The average Bonchev–Trinajstić information content (AvgIpc) is 2.92. The van der Waals surface area contributed by atoms with Gasteiger partial charge >= 0.3 is 11.9 Å². The summed E-state index contributed by atoms with van der Waals surface area (Å²) in [6, 6.07) is 3.50. The molecule has 0 radical (unpaired) electrons. The maximum absolute atomic E-state index is 12.9. The fourth-order valence-electron chi connectivity index (χ4n) is 3.77. The van der Waals surface area contributed by atoms with Crippen LogP contribution in [0.5, 0.6) is 5.75 Å². The number of hydrogen-bond acceptors (Lipinski definition) is 5. The van der Waals surface area contributed by atoms with E-state index in [-0.39, 0.29) is 25.0 Å². The summed E-state index contributed by atoms with van der Waals surface area (Å²) in [4.78, 5) is 25.5. The number of aromatic hydroxyl groups is 1. The van der Waals surface area contributed by atoms with Crippen molar-refractivity contribution < 1.29 is 24.2 Å². The van der Waals surface area contributed by atoms with Gasteiger partial charge in [0, 0.05) is 28.2 Å². The number of ether oxygens (including phenoxy) is 2. The number of rotatable bonds is 7. The molecular weight excluding hydrogens is 358 g/mol. The van der Waals surface area contributed by atoms with Crippen LogP contribution in [0.4, 0.5) is 0 Å². The first kappa shape index (κ1) is 21.8. The van der Waals surface area contributed by atoms with Crippen molar-refractivity contribution in [2.45, 2.75) is 66.3 Å². The molecule has 0 aliphatic rings. The Bertz CT molecular complexity index is 894. The lowest BCUT2D eigenvalue weighted by Crippen LogP contribution is -2.31. The fraction of sp³-hybridized carbons (Fsp3) is 0.545. The molecule has 0 fully saturated rings. The lowest BCUT2D eigenvalue weighted by molar-refractivity contribution is -0.148. The van der Waals surface area contributed by atoms with Crippen molar-refractivity contribution in [3.05, 3.63) is 29.0 Å². The first-order valence-corrected chi connectivity index (χ1v) is 9.84. The molecule has 1 atom stereocenters. The molecule has 1 N–H and O–H groups in total. The molecule has 1 heterocycles. The van der Waals surface area contributed by atoms with Crippen LogP contribution < -0.4 is 0 Å². The normalized spacial score (nSPS) is 12.8. The highest BCUT2D eigenvalue weighted by molar-refractivity contribution is 6.09. The molecule has 6 heteroatoms. The number of carbonyl (C=O) groups excluding carboxylic acids is 2. The van der Waals surface area contributed by atoms with Gasteiger partial charge in [0.25, 0.3) is 0 Å². The van der Waals surface area contributed by atoms with Gasteiger partial charge in [0.05, 0.1) is 24.2 Å². The molecule has 0 spiro atoms. The van der Waals surface area contributed by atoms with Crippen molar-refractivity contribution in [2.24, 2.45) is 0 Å². The monoisotopic (exact) mass is 389 g/mol. The maximum Gasteiger partial charge on any atom is 0.340 e. The standard InChI is InChI=1S/C22H31NO5/c1-8-13(4)23-14(5)17(20(25)27-9-2)18-15(23)11-12-16(24)19(18)22(6,7)21(26)28-10-3/h11-13,24H,8-10H2,1-7H3. The zero-order valence-corrected chi connectivity index (χ0v) is 17.9. The number of phenols is 1. The summed E-state index contributed by atoms with van der Waals surface area (Å²) in [5.41, 5.74) is 1.18. The van der Waals surface area contributed by atoms with E-state index in [0.29, 0.717) is 16.5 Å². The van der Waals surface area contributed by atoms with Crippen molar-refractivity contribution in [2.75, 3.05) is 13.2 Å². The fourth-order valence-corrected chi connectivity index (χ4v) is 3.77. The van der Waals surface area contributed by atoms with Crippen LogP contribution in [-0.2, 0) is 19.7 Å². The summed E-state index contributed by atoms with van der Waals surface area (Å²) in [5, 5.41) is 11.3. The lowest BCUT2D eigenvalue weighted by Gasteiger charge is -2.25. The van der Waals surface area contributed by atoms with Gasteiger partial charge in [-0.05, 0) is 60.1 Å². The number of esters is 2. The van der Waals surface area contributed by atoms with Crippen LogP contribution in [0.15, 0.2) is 12.1 Å². The van der Waals surface area contributed by atoms with Crippen LogP contribution in [0.3, 0.4) is 0 Å². The van der Waals surface area contributed by atoms with Crippen LogP contribution in [0, 0.1) is 6.92 Å². The van der Waals surface area contributed by atoms with Crippen LogP contribution >= 0.6 is 0 Å². The Labute approximate surface area is 166 Å². The SMILES string of the molecule is CCOC(=O)c1c(C)n(C(C)CC)c2ccc(O)c(C(C)(C)C(=O)OCC)c12. The summed E-state index contributed by atoms with van der Waals surface area (Å²) in [5.74, 6) is -0.961. The Morgan fingerprint density at radius 1 is 1.14 bits per heavy atom. The van der Waals surface area contributed by atoms with Gasteiger partial charge in [0.1, 0.15) is 5.75 Å². The Morgan fingerprint density at radius 3 is 2.29 bits per heavy atom.